The number of aliphatic hydroxyl groups excluding tert-OH is 2. The van der Waals surface area contributed by atoms with E-state index in [4.69, 9.17) is 0 Å². The molecule has 0 bridgehead atoms. The van der Waals surface area contributed by atoms with Crippen LogP contribution in [0.15, 0.2) is 11.6 Å². The monoisotopic (exact) mass is 402 g/mol. The highest BCUT2D eigenvalue weighted by Crippen LogP contribution is 2.67. The van der Waals surface area contributed by atoms with Crippen molar-refractivity contribution in [2.24, 2.45) is 46.3 Å². The highest BCUT2D eigenvalue weighted by Gasteiger charge is 2.61. The SMILES string of the molecule is CC(C)CCCC(C)C1CCC2C3C(O)C=C4CC(O)CCC4(C)C3CCC12C. The van der Waals surface area contributed by atoms with E-state index in [2.05, 4.69) is 40.7 Å². The number of hydrogen-bond acceptors (Lipinski definition) is 2. The maximum Gasteiger partial charge on any atom is 0.0757 e. The topological polar surface area (TPSA) is 40.5 Å². The van der Waals surface area contributed by atoms with Crippen molar-refractivity contribution in [1.82, 2.24) is 0 Å². The average molecular weight is 403 g/mol. The number of rotatable bonds is 5. The Labute approximate surface area is 179 Å². The Hall–Kier alpha value is -0.340. The summed E-state index contributed by atoms with van der Waals surface area (Å²) in [5.41, 5.74) is 1.99. The van der Waals surface area contributed by atoms with Gasteiger partial charge in [-0.3, -0.25) is 0 Å². The molecule has 9 unspecified atom stereocenters. The van der Waals surface area contributed by atoms with Gasteiger partial charge in [-0.2, -0.15) is 0 Å². The molecule has 0 radical (unpaired) electrons. The van der Waals surface area contributed by atoms with Gasteiger partial charge in [-0.1, -0.05) is 65.5 Å². The number of aliphatic hydroxyl groups is 2. The van der Waals surface area contributed by atoms with Crippen LogP contribution in [0.5, 0.6) is 0 Å². The zero-order valence-electron chi connectivity index (χ0n) is 19.7. The fourth-order valence-corrected chi connectivity index (χ4v) is 8.65. The van der Waals surface area contributed by atoms with Gasteiger partial charge >= 0.3 is 0 Å². The highest BCUT2D eigenvalue weighted by atomic mass is 16.3. The summed E-state index contributed by atoms with van der Waals surface area (Å²) in [7, 11) is 0. The van der Waals surface area contributed by atoms with E-state index in [9.17, 15) is 10.2 Å². The lowest BCUT2D eigenvalue weighted by Gasteiger charge is -2.59. The van der Waals surface area contributed by atoms with E-state index in [0.29, 0.717) is 23.2 Å². The van der Waals surface area contributed by atoms with Crippen LogP contribution < -0.4 is 0 Å². The molecule has 2 N–H and O–H groups in total. The van der Waals surface area contributed by atoms with Crippen molar-refractivity contribution in [3.8, 4) is 0 Å². The van der Waals surface area contributed by atoms with E-state index >= 15 is 0 Å². The molecule has 166 valence electrons. The first-order valence-corrected chi connectivity index (χ1v) is 12.7. The maximum absolute atomic E-state index is 11.3. The predicted octanol–water partition coefficient (Wildman–Crippen LogP) is 6.36. The first-order chi connectivity index (χ1) is 13.7. The molecule has 3 fully saturated rings. The number of hydrogen-bond donors (Lipinski definition) is 2. The Morgan fingerprint density at radius 3 is 2.45 bits per heavy atom. The summed E-state index contributed by atoms with van der Waals surface area (Å²) in [6.45, 7) is 12.2. The first-order valence-electron chi connectivity index (χ1n) is 12.7. The highest BCUT2D eigenvalue weighted by molar-refractivity contribution is 5.27. The molecule has 4 rings (SSSR count). The molecular weight excluding hydrogens is 356 g/mol. The summed E-state index contributed by atoms with van der Waals surface area (Å²) >= 11 is 0. The molecule has 3 saturated carbocycles. The van der Waals surface area contributed by atoms with E-state index in [-0.39, 0.29) is 17.6 Å². The molecule has 0 aromatic carbocycles. The molecule has 2 nitrogen and oxygen atoms in total. The first kappa shape index (κ1) is 21.9. The summed E-state index contributed by atoms with van der Waals surface area (Å²) in [6, 6.07) is 0. The molecule has 0 saturated heterocycles. The van der Waals surface area contributed by atoms with Crippen molar-refractivity contribution >= 4 is 0 Å². The minimum absolute atomic E-state index is 0.200. The van der Waals surface area contributed by atoms with Crippen LogP contribution in [0.1, 0.15) is 98.8 Å². The summed E-state index contributed by atoms with van der Waals surface area (Å²) in [5, 5.41) is 21.5. The van der Waals surface area contributed by atoms with Gasteiger partial charge < -0.3 is 10.2 Å². The van der Waals surface area contributed by atoms with E-state index in [1.165, 1.54) is 50.5 Å². The maximum atomic E-state index is 11.3. The van der Waals surface area contributed by atoms with Crippen LogP contribution in [0.4, 0.5) is 0 Å². The minimum Gasteiger partial charge on any atom is -0.393 e. The summed E-state index contributed by atoms with van der Waals surface area (Å²) in [4.78, 5) is 0. The molecule has 0 heterocycles. The molecule has 0 aliphatic heterocycles. The van der Waals surface area contributed by atoms with Crippen molar-refractivity contribution in [3.05, 3.63) is 11.6 Å². The lowest BCUT2D eigenvalue weighted by atomic mass is 9.46. The Kier molecular flexibility index (Phi) is 6.01. The van der Waals surface area contributed by atoms with Crippen LogP contribution in [0.2, 0.25) is 0 Å². The van der Waals surface area contributed by atoms with E-state index in [1.54, 1.807) is 0 Å². The standard InChI is InChI=1S/C27H46O2/c1-17(2)7-6-8-18(3)21-9-10-22-25-23(12-14-27(21,22)5)26(4)13-11-20(28)15-19(26)16-24(25)29/h16-18,20-25,28-29H,6-15H2,1-5H3. The smallest absolute Gasteiger partial charge is 0.0757 e. The van der Waals surface area contributed by atoms with Crippen LogP contribution in [0.3, 0.4) is 0 Å². The second-order valence-corrected chi connectivity index (χ2v) is 12.3. The second-order valence-electron chi connectivity index (χ2n) is 12.3. The molecule has 29 heavy (non-hydrogen) atoms. The van der Waals surface area contributed by atoms with Gasteiger partial charge in [0.05, 0.1) is 12.2 Å². The zero-order valence-corrected chi connectivity index (χ0v) is 19.7. The Morgan fingerprint density at radius 2 is 1.72 bits per heavy atom. The van der Waals surface area contributed by atoms with Crippen LogP contribution in [0, 0.1) is 46.3 Å². The third-order valence-electron chi connectivity index (χ3n) is 10.3. The van der Waals surface area contributed by atoms with E-state index in [0.717, 1.165) is 37.0 Å². The molecule has 9 atom stereocenters. The van der Waals surface area contributed by atoms with Crippen molar-refractivity contribution < 1.29 is 10.2 Å². The molecule has 2 heteroatoms. The minimum atomic E-state index is -0.298. The quantitative estimate of drug-likeness (QED) is 0.525. The fraction of sp³-hybridized carbons (Fsp3) is 0.926. The second kappa shape index (κ2) is 7.97. The fourth-order valence-electron chi connectivity index (χ4n) is 8.65. The van der Waals surface area contributed by atoms with Gasteiger partial charge in [0.15, 0.2) is 0 Å². The van der Waals surface area contributed by atoms with Crippen molar-refractivity contribution in [2.75, 3.05) is 0 Å². The molecular formula is C27H46O2. The van der Waals surface area contributed by atoms with Gasteiger partial charge in [-0.25, -0.2) is 0 Å². The van der Waals surface area contributed by atoms with Gasteiger partial charge in [0.1, 0.15) is 0 Å². The third-order valence-corrected chi connectivity index (χ3v) is 10.3. The lowest BCUT2D eigenvalue weighted by molar-refractivity contribution is -0.0970. The van der Waals surface area contributed by atoms with Crippen molar-refractivity contribution in [2.45, 2.75) is 111 Å². The van der Waals surface area contributed by atoms with Gasteiger partial charge in [-0.15, -0.1) is 0 Å². The Balaban J connectivity index is 1.54. The van der Waals surface area contributed by atoms with Crippen LogP contribution in [-0.2, 0) is 0 Å². The van der Waals surface area contributed by atoms with Gasteiger partial charge in [0, 0.05) is 0 Å². The largest absolute Gasteiger partial charge is 0.393 e. The van der Waals surface area contributed by atoms with E-state index in [1.807, 2.05) is 0 Å². The molecule has 0 amide bonds. The summed E-state index contributed by atoms with van der Waals surface area (Å²) in [6.07, 6.45) is 13.9. The van der Waals surface area contributed by atoms with Crippen LogP contribution in [0.25, 0.3) is 0 Å². The van der Waals surface area contributed by atoms with Gasteiger partial charge in [0.25, 0.3) is 0 Å². The Morgan fingerprint density at radius 1 is 0.966 bits per heavy atom. The molecule has 0 aromatic heterocycles. The third kappa shape index (κ3) is 3.65. The van der Waals surface area contributed by atoms with Crippen molar-refractivity contribution in [1.29, 1.82) is 0 Å². The summed E-state index contributed by atoms with van der Waals surface area (Å²) in [5.74, 6) is 4.18. The van der Waals surface area contributed by atoms with Gasteiger partial charge in [-0.05, 0) is 91.3 Å². The number of fused-ring (bicyclic) bond motifs is 5. The lowest BCUT2D eigenvalue weighted by Crippen LogP contribution is -2.54. The van der Waals surface area contributed by atoms with E-state index < -0.39 is 0 Å². The van der Waals surface area contributed by atoms with Crippen LogP contribution in [-0.4, -0.2) is 22.4 Å². The predicted molar refractivity (Wildman–Crippen MR) is 120 cm³/mol. The summed E-state index contributed by atoms with van der Waals surface area (Å²) < 4.78 is 0. The average Bonchev–Trinajstić information content (AvgIpc) is 3.00. The zero-order chi connectivity index (χ0) is 21.0. The normalized spacial score (nSPS) is 47.9. The van der Waals surface area contributed by atoms with Gasteiger partial charge in [0.2, 0.25) is 0 Å². The molecule has 0 spiro atoms. The molecule has 0 aromatic rings. The Bertz CT molecular complexity index is 624. The molecule has 4 aliphatic rings. The van der Waals surface area contributed by atoms with Crippen molar-refractivity contribution in [3.63, 3.8) is 0 Å². The van der Waals surface area contributed by atoms with Crippen LogP contribution >= 0.6 is 0 Å². The molecule has 4 aliphatic carbocycles.